The number of carbonyl (C=O) groups is 2. The first-order valence-corrected chi connectivity index (χ1v) is 7.80. The summed E-state index contributed by atoms with van der Waals surface area (Å²) in [4.78, 5) is 24.9. The van der Waals surface area contributed by atoms with Gasteiger partial charge < -0.3 is 19.1 Å². The predicted octanol–water partition coefficient (Wildman–Crippen LogP) is 2.27. The summed E-state index contributed by atoms with van der Waals surface area (Å²) in [5, 5.41) is 0. The molecule has 0 aromatic heterocycles. The van der Waals surface area contributed by atoms with Crippen molar-refractivity contribution in [2.75, 3.05) is 33.4 Å². The van der Waals surface area contributed by atoms with E-state index in [0.717, 1.165) is 5.75 Å². The van der Waals surface area contributed by atoms with E-state index in [1.807, 2.05) is 24.3 Å². The van der Waals surface area contributed by atoms with Crippen LogP contribution in [-0.2, 0) is 14.3 Å². The van der Waals surface area contributed by atoms with Crippen molar-refractivity contribution in [1.29, 1.82) is 0 Å². The SMILES string of the molecule is CCOC(=O)CCN(CCOc1ccc(OC)cc1)C(=O)CC. The Morgan fingerprint density at radius 1 is 1.04 bits per heavy atom. The molecule has 0 aliphatic carbocycles. The zero-order valence-electron chi connectivity index (χ0n) is 14.0. The second kappa shape index (κ2) is 10.5. The van der Waals surface area contributed by atoms with Gasteiger partial charge in [-0.2, -0.15) is 0 Å². The molecule has 0 atom stereocenters. The third-order valence-corrected chi connectivity index (χ3v) is 3.24. The highest BCUT2D eigenvalue weighted by atomic mass is 16.5. The van der Waals surface area contributed by atoms with Crippen molar-refractivity contribution >= 4 is 11.9 Å². The number of ether oxygens (including phenoxy) is 3. The molecule has 1 rings (SSSR count). The van der Waals surface area contributed by atoms with Crippen LogP contribution in [0.4, 0.5) is 0 Å². The Morgan fingerprint density at radius 3 is 2.26 bits per heavy atom. The highest BCUT2D eigenvalue weighted by Crippen LogP contribution is 2.16. The molecule has 6 heteroatoms. The Kier molecular flexibility index (Phi) is 8.57. The molecule has 0 saturated carbocycles. The summed E-state index contributed by atoms with van der Waals surface area (Å²) in [6, 6.07) is 7.24. The first-order valence-electron chi connectivity index (χ1n) is 7.80. The minimum absolute atomic E-state index is 0.00682. The number of esters is 1. The van der Waals surface area contributed by atoms with Gasteiger partial charge in [0, 0.05) is 13.0 Å². The Morgan fingerprint density at radius 2 is 1.70 bits per heavy atom. The summed E-state index contributed by atoms with van der Waals surface area (Å²) in [5.74, 6) is 1.17. The van der Waals surface area contributed by atoms with Gasteiger partial charge in [0.15, 0.2) is 0 Å². The van der Waals surface area contributed by atoms with Gasteiger partial charge in [0.1, 0.15) is 18.1 Å². The fourth-order valence-electron chi connectivity index (χ4n) is 1.99. The maximum Gasteiger partial charge on any atom is 0.307 e. The molecule has 23 heavy (non-hydrogen) atoms. The standard InChI is InChI=1S/C17H25NO5/c1-4-16(19)18(11-10-17(20)22-5-2)12-13-23-15-8-6-14(21-3)7-9-15/h6-9H,4-5,10-13H2,1-3H3. The van der Waals surface area contributed by atoms with Crippen molar-refractivity contribution < 1.29 is 23.8 Å². The van der Waals surface area contributed by atoms with Gasteiger partial charge in [-0.25, -0.2) is 0 Å². The number of hydrogen-bond acceptors (Lipinski definition) is 5. The van der Waals surface area contributed by atoms with Crippen molar-refractivity contribution in [2.45, 2.75) is 26.7 Å². The van der Waals surface area contributed by atoms with E-state index in [4.69, 9.17) is 14.2 Å². The van der Waals surface area contributed by atoms with Gasteiger partial charge in [0.25, 0.3) is 0 Å². The van der Waals surface area contributed by atoms with E-state index >= 15 is 0 Å². The van der Waals surface area contributed by atoms with Gasteiger partial charge in [-0.05, 0) is 31.2 Å². The van der Waals surface area contributed by atoms with Gasteiger partial charge in [0.05, 0.1) is 26.7 Å². The molecular weight excluding hydrogens is 298 g/mol. The van der Waals surface area contributed by atoms with E-state index in [1.54, 1.807) is 25.9 Å². The molecule has 0 aliphatic rings. The molecule has 1 aromatic rings. The third-order valence-electron chi connectivity index (χ3n) is 3.24. The Bertz CT molecular complexity index is 486. The Hall–Kier alpha value is -2.24. The van der Waals surface area contributed by atoms with E-state index in [2.05, 4.69) is 0 Å². The maximum atomic E-state index is 11.9. The summed E-state index contributed by atoms with van der Waals surface area (Å²) in [7, 11) is 1.60. The van der Waals surface area contributed by atoms with Crippen molar-refractivity contribution in [1.82, 2.24) is 4.90 Å². The fourth-order valence-corrected chi connectivity index (χ4v) is 1.99. The lowest BCUT2D eigenvalue weighted by Gasteiger charge is -2.22. The number of carbonyl (C=O) groups excluding carboxylic acids is 2. The molecule has 1 amide bonds. The van der Waals surface area contributed by atoms with Crippen LogP contribution in [0.25, 0.3) is 0 Å². The number of amides is 1. The van der Waals surface area contributed by atoms with E-state index in [0.29, 0.717) is 38.5 Å². The minimum Gasteiger partial charge on any atom is -0.497 e. The Labute approximate surface area is 137 Å². The van der Waals surface area contributed by atoms with Crippen molar-refractivity contribution in [3.05, 3.63) is 24.3 Å². The van der Waals surface area contributed by atoms with Gasteiger partial charge in [-0.3, -0.25) is 9.59 Å². The maximum absolute atomic E-state index is 11.9. The van der Waals surface area contributed by atoms with Gasteiger partial charge in [-0.15, -0.1) is 0 Å². The number of benzene rings is 1. The molecule has 0 N–H and O–H groups in total. The molecule has 128 valence electrons. The van der Waals surface area contributed by atoms with E-state index in [1.165, 1.54) is 0 Å². The van der Waals surface area contributed by atoms with Gasteiger partial charge >= 0.3 is 5.97 Å². The zero-order valence-corrected chi connectivity index (χ0v) is 14.0. The van der Waals surface area contributed by atoms with E-state index in [9.17, 15) is 9.59 Å². The molecule has 0 saturated heterocycles. The number of methoxy groups -OCH3 is 1. The lowest BCUT2D eigenvalue weighted by atomic mass is 10.3. The van der Waals surface area contributed by atoms with Crippen LogP contribution >= 0.6 is 0 Å². The summed E-state index contributed by atoms with van der Waals surface area (Å²) in [6.07, 6.45) is 0.591. The first-order chi connectivity index (χ1) is 11.1. The third kappa shape index (κ3) is 7.04. The van der Waals surface area contributed by atoms with Crippen molar-refractivity contribution in [2.24, 2.45) is 0 Å². The molecule has 0 spiro atoms. The largest absolute Gasteiger partial charge is 0.497 e. The lowest BCUT2D eigenvalue weighted by molar-refractivity contribution is -0.144. The Balaban J connectivity index is 2.43. The molecule has 0 heterocycles. The predicted molar refractivity (Wildman–Crippen MR) is 86.6 cm³/mol. The number of hydrogen-bond donors (Lipinski definition) is 0. The van der Waals surface area contributed by atoms with Crippen molar-refractivity contribution in [3.63, 3.8) is 0 Å². The first kappa shape index (κ1) is 18.8. The normalized spacial score (nSPS) is 10.0. The highest BCUT2D eigenvalue weighted by Gasteiger charge is 2.14. The number of rotatable bonds is 10. The molecular formula is C17H25NO5. The quantitative estimate of drug-likeness (QED) is 0.618. The van der Waals surface area contributed by atoms with Gasteiger partial charge in [-0.1, -0.05) is 6.92 Å². The second-order valence-electron chi connectivity index (χ2n) is 4.81. The highest BCUT2D eigenvalue weighted by molar-refractivity contribution is 5.77. The molecule has 0 radical (unpaired) electrons. The van der Waals surface area contributed by atoms with Crippen LogP contribution in [0, 0.1) is 0 Å². The second-order valence-corrected chi connectivity index (χ2v) is 4.81. The zero-order chi connectivity index (χ0) is 17.1. The average Bonchev–Trinajstić information content (AvgIpc) is 2.58. The smallest absolute Gasteiger partial charge is 0.307 e. The van der Waals surface area contributed by atoms with Crippen LogP contribution < -0.4 is 9.47 Å². The summed E-state index contributed by atoms with van der Waals surface area (Å²) in [5.41, 5.74) is 0. The summed E-state index contributed by atoms with van der Waals surface area (Å²) >= 11 is 0. The van der Waals surface area contributed by atoms with Crippen LogP contribution in [0.5, 0.6) is 11.5 Å². The van der Waals surface area contributed by atoms with E-state index in [-0.39, 0.29) is 18.3 Å². The minimum atomic E-state index is -0.294. The van der Waals surface area contributed by atoms with Crippen LogP contribution in [0.1, 0.15) is 26.7 Å². The lowest BCUT2D eigenvalue weighted by Crippen LogP contribution is -2.36. The molecule has 0 aliphatic heterocycles. The van der Waals surface area contributed by atoms with Crippen LogP contribution in [0.3, 0.4) is 0 Å². The monoisotopic (exact) mass is 323 g/mol. The molecule has 1 aromatic carbocycles. The van der Waals surface area contributed by atoms with E-state index < -0.39 is 0 Å². The molecule has 0 bridgehead atoms. The molecule has 6 nitrogen and oxygen atoms in total. The molecule has 0 fully saturated rings. The summed E-state index contributed by atoms with van der Waals surface area (Å²) in [6.45, 7) is 5.04. The fraction of sp³-hybridized carbons (Fsp3) is 0.529. The summed E-state index contributed by atoms with van der Waals surface area (Å²) < 4.78 is 15.6. The van der Waals surface area contributed by atoms with Crippen LogP contribution in [0.2, 0.25) is 0 Å². The van der Waals surface area contributed by atoms with Gasteiger partial charge in [0.2, 0.25) is 5.91 Å². The van der Waals surface area contributed by atoms with Crippen LogP contribution in [-0.4, -0.2) is 50.2 Å². The van der Waals surface area contributed by atoms with Crippen LogP contribution in [0.15, 0.2) is 24.3 Å². The topological polar surface area (TPSA) is 65.1 Å². The number of nitrogens with zero attached hydrogens (tertiary/aromatic N) is 1. The average molecular weight is 323 g/mol. The molecule has 0 unspecified atom stereocenters. The van der Waals surface area contributed by atoms with Crippen molar-refractivity contribution in [3.8, 4) is 11.5 Å².